The van der Waals surface area contributed by atoms with Crippen LogP contribution in [0.3, 0.4) is 0 Å². The number of amides is 8. The molecule has 7 atom stereocenters. The fourth-order valence-corrected chi connectivity index (χ4v) is 14.8. The zero-order chi connectivity index (χ0) is 102. The van der Waals surface area contributed by atoms with E-state index < -0.39 is 140 Å². The molecule has 0 bridgehead atoms. The number of carbonyl (C=O) groups is 8. The Morgan fingerprint density at radius 1 is 0.359 bits per heavy atom. The third-order valence-electron chi connectivity index (χ3n) is 21.9. The molecular formula is C95H83Cl2F17N16O12. The molecule has 4 aliphatic rings. The van der Waals surface area contributed by atoms with Crippen molar-refractivity contribution in [3.63, 3.8) is 0 Å². The lowest BCUT2D eigenvalue weighted by Gasteiger charge is -2.17. The van der Waals surface area contributed by atoms with Crippen LogP contribution in [0, 0.1) is 52.8 Å². The van der Waals surface area contributed by atoms with Gasteiger partial charge in [0, 0.05) is 108 Å². The number of carbonyl (C=O) groups excluding carboxylic acids is 8. The van der Waals surface area contributed by atoms with Gasteiger partial charge in [-0.3, -0.25) is 38.4 Å². The first-order chi connectivity index (χ1) is 67.2. The second-order valence-electron chi connectivity index (χ2n) is 32.8. The summed E-state index contributed by atoms with van der Waals surface area (Å²) in [5, 5.41) is 39.5. The van der Waals surface area contributed by atoms with Gasteiger partial charge in [0.15, 0.2) is 41.6 Å². The number of hydrogen-bond donors (Lipinski definition) is 8. The van der Waals surface area contributed by atoms with Crippen molar-refractivity contribution in [2.24, 2.45) is 23.7 Å². The van der Waals surface area contributed by atoms with Crippen LogP contribution in [-0.4, -0.2) is 162 Å². The maximum atomic E-state index is 14.6. The first-order valence-corrected chi connectivity index (χ1v) is 43.8. The lowest BCUT2D eigenvalue weighted by Crippen LogP contribution is -2.28. The number of alkyl halides is 12. The van der Waals surface area contributed by atoms with E-state index in [1.807, 2.05) is 0 Å². The molecular weight excluding hydrogens is 1950 g/mol. The Labute approximate surface area is 805 Å². The highest BCUT2D eigenvalue weighted by molar-refractivity contribution is 6.31. The summed E-state index contributed by atoms with van der Waals surface area (Å²) in [6, 6.07) is 48.1. The number of nitrogens with one attached hydrogen (secondary N) is 8. The Balaban J connectivity index is 0.000000159. The number of ether oxygens (including phenoxy) is 4. The van der Waals surface area contributed by atoms with Crippen LogP contribution in [0.1, 0.15) is 68.7 Å². The quantitative estimate of drug-likeness (QED) is 0.0211. The Hall–Kier alpha value is -14.4. The summed E-state index contributed by atoms with van der Waals surface area (Å²) in [5.41, 5.74) is 5.35. The zero-order valence-corrected chi connectivity index (χ0v) is 76.0. The molecule has 12 aromatic rings. The van der Waals surface area contributed by atoms with Gasteiger partial charge in [-0.2, -0.15) is 52.7 Å². The molecule has 142 heavy (non-hydrogen) atoms. The standard InChI is InChI=1S/C24H21ClF4N4O3.C24H22ClF3N4O3.C24H21F5N4O3.C23H19F5N4O3/c1-13(24(27,28)29)36-12-14-6-15(8-18(26)7-14)20-10-21(31-23(35)16-9-22(34)30-11-16)32-33(20)19-4-2-17(25)3-5-19;1-14(24(26,27)28)35-13-15-3-2-4-16(9-15)20-11-21(30-23(34)17-10-22(33)29-12-17)31-32(20)19-7-5-18(25)6-8-19;1-13(24(27,28)29)36-12-14-6-15(8-17(25)7-14)20-10-21(31-23(35)16-9-22(34)30-11-16)32-33(20)19-5-3-2-4-18(19)26;24-16-1-3-18(4-2-16)32-19(9-20(31-32)30-22(34)15-8-21(33)29-10-15)14-5-13(6-17(25)7-14)11-35-12-23(26,27)28/h2-8,10,13,16H,9,11-12H2,1H3,(H,30,34)(H,31,32,35);2-9,11,14,17H,10,12-13H2,1H3,(H,29,33)(H,30,31,34);2-8,10,13,16H,9,11-12H2,1H3,(H,30,34)(H,31,32,35);1-7,9,15H,8,10-12H2,(H,29,33)(H,30,31,34)/t13-,16+;14-,17+;13-,16+;15-/m1110/s1. The summed E-state index contributed by atoms with van der Waals surface area (Å²) in [7, 11) is 0. The van der Waals surface area contributed by atoms with Gasteiger partial charge in [-0.1, -0.05) is 53.5 Å². The van der Waals surface area contributed by atoms with Crippen LogP contribution in [0.4, 0.5) is 97.9 Å². The zero-order valence-electron chi connectivity index (χ0n) is 74.4. The highest BCUT2D eigenvalue weighted by Crippen LogP contribution is 2.38. The maximum absolute atomic E-state index is 14.6. The third kappa shape index (κ3) is 28.7. The molecule has 0 aliphatic carbocycles. The van der Waals surface area contributed by atoms with Gasteiger partial charge in [0.2, 0.25) is 47.3 Å². The van der Waals surface area contributed by atoms with E-state index in [9.17, 15) is 113 Å². The normalized spacial score (nSPS) is 16.4. The number of rotatable bonds is 28. The third-order valence-corrected chi connectivity index (χ3v) is 22.4. The van der Waals surface area contributed by atoms with E-state index in [2.05, 4.69) is 67.7 Å². The first kappa shape index (κ1) is 105. The van der Waals surface area contributed by atoms with Crippen molar-refractivity contribution in [3.8, 4) is 67.8 Å². The molecule has 0 unspecified atom stereocenters. The summed E-state index contributed by atoms with van der Waals surface area (Å²) in [6.45, 7) is 0.301. The number of para-hydroxylation sites is 1. The minimum Gasteiger partial charge on any atom is -0.367 e. The van der Waals surface area contributed by atoms with Gasteiger partial charge in [0.1, 0.15) is 41.4 Å². The van der Waals surface area contributed by atoms with Crippen molar-refractivity contribution >= 4 is 93.7 Å². The van der Waals surface area contributed by atoms with Crippen molar-refractivity contribution in [2.45, 2.75) is 116 Å². The summed E-state index contributed by atoms with van der Waals surface area (Å²) in [4.78, 5) is 96.0. The van der Waals surface area contributed by atoms with Crippen LogP contribution in [-0.2, 0) is 83.7 Å². The smallest absolute Gasteiger partial charge is 0.367 e. The predicted molar refractivity (Wildman–Crippen MR) is 481 cm³/mol. The fraction of sp³-hybridized carbons (Fsp3) is 0.284. The Morgan fingerprint density at radius 3 is 0.986 bits per heavy atom. The van der Waals surface area contributed by atoms with E-state index in [-0.39, 0.29) is 156 Å². The number of hydrogen-bond acceptors (Lipinski definition) is 16. The number of nitrogens with zero attached hydrogens (tertiary/aromatic N) is 8. The average Bonchev–Trinajstić information content (AvgIpc) is 1.65. The van der Waals surface area contributed by atoms with Gasteiger partial charge < -0.3 is 61.5 Å². The Bertz CT molecular complexity index is 6600. The monoisotopic (exact) mass is 2030 g/mol. The number of benzene rings is 8. The van der Waals surface area contributed by atoms with Crippen LogP contribution in [0.15, 0.2) is 200 Å². The summed E-state index contributed by atoms with van der Waals surface area (Å²) >= 11 is 12.0. The Morgan fingerprint density at radius 2 is 0.662 bits per heavy atom. The topological polar surface area (TPSA) is 341 Å². The minimum absolute atomic E-state index is 0.00142. The summed E-state index contributed by atoms with van der Waals surface area (Å²) in [5.74, 6) is -7.63. The van der Waals surface area contributed by atoms with Crippen molar-refractivity contribution < 1.29 is 132 Å². The van der Waals surface area contributed by atoms with Gasteiger partial charge in [0.05, 0.1) is 89.9 Å². The van der Waals surface area contributed by atoms with Crippen LogP contribution < -0.4 is 42.5 Å². The second-order valence-corrected chi connectivity index (χ2v) is 33.7. The minimum atomic E-state index is -4.58. The molecule has 0 radical (unpaired) electrons. The number of halogens is 19. The molecule has 16 rings (SSSR count). The van der Waals surface area contributed by atoms with Crippen LogP contribution in [0.2, 0.25) is 10.0 Å². The lowest BCUT2D eigenvalue weighted by atomic mass is 10.1. The van der Waals surface area contributed by atoms with Crippen molar-refractivity contribution in [1.82, 2.24) is 60.4 Å². The van der Waals surface area contributed by atoms with Crippen LogP contribution >= 0.6 is 23.2 Å². The molecule has 4 aromatic heterocycles. The molecule has 4 fully saturated rings. The molecule has 8 heterocycles. The van der Waals surface area contributed by atoms with E-state index in [1.54, 1.807) is 89.6 Å². The molecule has 4 aliphatic heterocycles. The Kier molecular flexibility index (Phi) is 33.6. The average molecular weight is 2030 g/mol. The SMILES string of the molecule is C[C@@H](OCc1cc(F)cc(-c2cc(NC(=O)[C@@H]3CNC(=O)C3)nn2-c2ccc(Cl)cc2)c1)C(F)(F)F.C[C@@H](OCc1cc(F)cc(-c2cc(NC(=O)[C@@H]3CNC(=O)C3)nn2-c2ccccc2F)c1)C(F)(F)F.C[C@@H](OCc1cccc(-c2cc(NC(=O)[C@@H]3CNC(=O)C3)nn2-c2ccc(Cl)cc2)c1)C(F)(F)F.O=C1C[C@H](C(=O)Nc2cc(-c3cc(F)cc(COCC(F)(F)F)c3)n(-c3ccc(F)cc3)n2)CN1. The van der Waals surface area contributed by atoms with Crippen molar-refractivity contribution in [2.75, 3.05) is 54.1 Å². The van der Waals surface area contributed by atoms with Gasteiger partial charge in [0.25, 0.3) is 0 Å². The maximum Gasteiger partial charge on any atom is 0.414 e. The fourth-order valence-electron chi connectivity index (χ4n) is 14.5. The molecule has 4 saturated heterocycles. The van der Waals surface area contributed by atoms with E-state index >= 15 is 0 Å². The lowest BCUT2D eigenvalue weighted by molar-refractivity contribution is -0.217. The number of anilines is 4. The molecule has 28 nitrogen and oxygen atoms in total. The summed E-state index contributed by atoms with van der Waals surface area (Å²) in [6.07, 6.45) is -23.9. The predicted octanol–water partition coefficient (Wildman–Crippen LogP) is 17.9. The highest BCUT2D eigenvalue weighted by Gasteiger charge is 2.41. The molecule has 47 heteroatoms. The van der Waals surface area contributed by atoms with Gasteiger partial charge in [-0.05, 0) is 189 Å². The van der Waals surface area contributed by atoms with Crippen LogP contribution in [0.5, 0.6) is 0 Å². The highest BCUT2D eigenvalue weighted by atomic mass is 35.5. The van der Waals surface area contributed by atoms with E-state index in [0.717, 1.165) is 55.8 Å². The molecule has 8 amide bonds. The molecule has 748 valence electrons. The van der Waals surface area contributed by atoms with Gasteiger partial charge >= 0.3 is 24.7 Å². The van der Waals surface area contributed by atoms with Crippen LogP contribution in [0.25, 0.3) is 67.8 Å². The molecule has 8 aromatic carbocycles. The van der Waals surface area contributed by atoms with Gasteiger partial charge in [-0.25, -0.2) is 40.7 Å². The molecule has 0 saturated carbocycles. The summed E-state index contributed by atoms with van der Waals surface area (Å²) < 4.78 is 249. The van der Waals surface area contributed by atoms with E-state index in [4.69, 9.17) is 37.4 Å². The second kappa shape index (κ2) is 45.5. The van der Waals surface area contributed by atoms with E-state index in [0.29, 0.717) is 55.2 Å². The van der Waals surface area contributed by atoms with Crippen molar-refractivity contribution in [3.05, 3.63) is 262 Å². The largest absolute Gasteiger partial charge is 0.414 e. The molecule has 0 spiro atoms. The van der Waals surface area contributed by atoms with E-state index in [1.165, 1.54) is 94.3 Å². The first-order valence-electron chi connectivity index (χ1n) is 43.1. The van der Waals surface area contributed by atoms with Gasteiger partial charge in [-0.15, -0.1) is 20.4 Å². The van der Waals surface area contributed by atoms with Crippen molar-refractivity contribution in [1.29, 1.82) is 0 Å². The molecule has 8 N–H and O–H groups in total. The number of aromatic nitrogens is 8.